The second-order valence-electron chi connectivity index (χ2n) is 6.14. The lowest BCUT2D eigenvalue weighted by molar-refractivity contribution is -0.131. The maximum atomic E-state index is 12.6. The summed E-state index contributed by atoms with van der Waals surface area (Å²) in [6.07, 6.45) is 5.05. The summed E-state index contributed by atoms with van der Waals surface area (Å²) in [6.45, 7) is 1.33. The number of para-hydroxylation sites is 1. The molecule has 9 heteroatoms. The molecule has 1 saturated heterocycles. The number of hydrogen-bond donors (Lipinski definition) is 0. The summed E-state index contributed by atoms with van der Waals surface area (Å²) in [6, 6.07) is 8.37. The smallest absolute Gasteiger partial charge is 0.316 e. The van der Waals surface area contributed by atoms with Crippen molar-refractivity contribution in [3.63, 3.8) is 0 Å². The lowest BCUT2D eigenvalue weighted by Gasteiger charge is -2.32. The molecule has 1 aliphatic heterocycles. The van der Waals surface area contributed by atoms with Crippen LogP contribution in [-0.2, 0) is 4.79 Å². The first-order valence-corrected chi connectivity index (χ1v) is 11.2. The van der Waals surface area contributed by atoms with Crippen LogP contribution in [0.5, 0.6) is 6.01 Å². The number of piperidine rings is 1. The minimum atomic E-state index is -0.0728. The van der Waals surface area contributed by atoms with Crippen molar-refractivity contribution in [2.75, 3.05) is 18.8 Å². The molecule has 2 aromatic heterocycles. The Bertz CT molecular complexity index is 902. The molecule has 27 heavy (non-hydrogen) atoms. The van der Waals surface area contributed by atoms with Crippen LogP contribution < -0.4 is 4.74 Å². The number of thioether (sulfide) groups is 1. The lowest BCUT2D eigenvalue weighted by atomic mass is 10.1. The molecule has 1 atom stereocenters. The quantitative estimate of drug-likeness (QED) is 0.531. The number of likely N-dealkylation sites (tertiary alicyclic amines) is 1. The van der Waals surface area contributed by atoms with E-state index in [2.05, 4.69) is 36.9 Å². The normalized spacial score (nSPS) is 17.2. The van der Waals surface area contributed by atoms with E-state index in [1.165, 1.54) is 11.8 Å². The van der Waals surface area contributed by atoms with Crippen molar-refractivity contribution in [3.05, 3.63) is 41.1 Å². The van der Waals surface area contributed by atoms with Gasteiger partial charge in [0.15, 0.2) is 4.34 Å². The van der Waals surface area contributed by atoms with E-state index >= 15 is 0 Å². The number of aromatic nitrogens is 3. The van der Waals surface area contributed by atoms with Crippen molar-refractivity contribution in [2.45, 2.75) is 23.3 Å². The average Bonchev–Trinajstić information content (AvgIpc) is 3.11. The Morgan fingerprint density at radius 3 is 2.96 bits per heavy atom. The molecule has 0 N–H and O–H groups in total. The van der Waals surface area contributed by atoms with E-state index < -0.39 is 0 Å². The zero-order valence-electron chi connectivity index (χ0n) is 14.4. The molecule has 0 radical (unpaired) electrons. The van der Waals surface area contributed by atoms with Gasteiger partial charge in [0, 0.05) is 18.9 Å². The van der Waals surface area contributed by atoms with Crippen molar-refractivity contribution < 1.29 is 9.53 Å². The Balaban J connectivity index is 1.32. The van der Waals surface area contributed by atoms with Gasteiger partial charge in [-0.2, -0.15) is 0 Å². The van der Waals surface area contributed by atoms with E-state index in [0.29, 0.717) is 18.3 Å². The molecule has 0 spiro atoms. The summed E-state index contributed by atoms with van der Waals surface area (Å²) < 4.78 is 8.72. The monoisotopic (exact) mass is 464 g/mol. The summed E-state index contributed by atoms with van der Waals surface area (Å²) in [4.78, 5) is 27.3. The number of hydrogen-bond acceptors (Lipinski definition) is 7. The highest BCUT2D eigenvalue weighted by molar-refractivity contribution is 9.10. The first-order chi connectivity index (χ1) is 13.2. The molecule has 1 aromatic carbocycles. The number of carbonyl (C=O) groups is 1. The SMILES string of the molecule is O=C(CSc1nc2ccccc2s1)N1CCCC(Oc2ncc(Br)cn2)C1. The van der Waals surface area contributed by atoms with Gasteiger partial charge >= 0.3 is 6.01 Å². The topological polar surface area (TPSA) is 68.2 Å². The van der Waals surface area contributed by atoms with Crippen molar-refractivity contribution in [1.29, 1.82) is 0 Å². The van der Waals surface area contributed by atoms with Gasteiger partial charge in [-0.25, -0.2) is 15.0 Å². The molecule has 3 heterocycles. The third kappa shape index (κ3) is 4.77. The van der Waals surface area contributed by atoms with Crippen LogP contribution in [0.25, 0.3) is 10.2 Å². The highest BCUT2D eigenvalue weighted by atomic mass is 79.9. The predicted octanol–water partition coefficient (Wildman–Crippen LogP) is 4.01. The third-order valence-electron chi connectivity index (χ3n) is 4.19. The fourth-order valence-electron chi connectivity index (χ4n) is 2.90. The minimum absolute atomic E-state index is 0.0728. The largest absolute Gasteiger partial charge is 0.458 e. The number of thiazole rings is 1. The van der Waals surface area contributed by atoms with E-state index in [-0.39, 0.29) is 12.0 Å². The van der Waals surface area contributed by atoms with Gasteiger partial charge in [0.25, 0.3) is 0 Å². The average molecular weight is 465 g/mol. The van der Waals surface area contributed by atoms with Gasteiger partial charge in [0.1, 0.15) is 6.10 Å². The molecule has 0 aliphatic carbocycles. The molecule has 6 nitrogen and oxygen atoms in total. The molecule has 1 unspecified atom stereocenters. The number of amides is 1. The van der Waals surface area contributed by atoms with E-state index in [4.69, 9.17) is 4.74 Å². The van der Waals surface area contributed by atoms with E-state index in [9.17, 15) is 4.79 Å². The van der Waals surface area contributed by atoms with Crippen LogP contribution in [0.15, 0.2) is 45.5 Å². The Kier molecular flexibility index (Phi) is 5.89. The van der Waals surface area contributed by atoms with Crippen LogP contribution in [0.4, 0.5) is 0 Å². The van der Waals surface area contributed by atoms with Crippen LogP contribution in [0.2, 0.25) is 0 Å². The zero-order chi connectivity index (χ0) is 18.6. The van der Waals surface area contributed by atoms with Crippen LogP contribution in [-0.4, -0.2) is 50.7 Å². The van der Waals surface area contributed by atoms with Crippen molar-refractivity contribution in [3.8, 4) is 6.01 Å². The van der Waals surface area contributed by atoms with Crippen LogP contribution in [0, 0.1) is 0 Å². The first-order valence-electron chi connectivity index (χ1n) is 8.58. The molecule has 3 aromatic rings. The second-order valence-corrected chi connectivity index (χ2v) is 9.31. The summed E-state index contributed by atoms with van der Waals surface area (Å²) >= 11 is 6.43. The van der Waals surface area contributed by atoms with Gasteiger partial charge < -0.3 is 9.64 Å². The Labute approximate surface area is 173 Å². The van der Waals surface area contributed by atoms with Gasteiger partial charge in [-0.3, -0.25) is 4.79 Å². The molecular formula is C18H17BrN4O2S2. The molecule has 0 saturated carbocycles. The predicted molar refractivity (Wildman–Crippen MR) is 110 cm³/mol. The van der Waals surface area contributed by atoms with Gasteiger partial charge in [0.05, 0.1) is 27.0 Å². The van der Waals surface area contributed by atoms with Crippen molar-refractivity contribution in [2.24, 2.45) is 0 Å². The Hall–Kier alpha value is -1.71. The fraction of sp³-hybridized carbons (Fsp3) is 0.333. The second kappa shape index (κ2) is 8.53. The van der Waals surface area contributed by atoms with Gasteiger partial charge in [-0.1, -0.05) is 23.9 Å². The standard InChI is InChI=1S/C18H17BrN4O2S2/c19-12-8-20-17(21-9-12)25-13-4-3-7-23(10-13)16(24)11-26-18-22-14-5-1-2-6-15(14)27-18/h1-2,5-6,8-9,13H,3-4,7,10-11H2. The van der Waals surface area contributed by atoms with Crippen LogP contribution in [0.3, 0.4) is 0 Å². The highest BCUT2D eigenvalue weighted by Crippen LogP contribution is 2.29. The van der Waals surface area contributed by atoms with Crippen molar-refractivity contribution >= 4 is 55.2 Å². The molecule has 140 valence electrons. The molecule has 1 amide bonds. The fourth-order valence-corrected chi connectivity index (χ4v) is 5.07. The van der Waals surface area contributed by atoms with Gasteiger partial charge in [0.2, 0.25) is 5.91 Å². The minimum Gasteiger partial charge on any atom is -0.458 e. The summed E-state index contributed by atoms with van der Waals surface area (Å²) in [5.74, 6) is 0.505. The molecular weight excluding hydrogens is 448 g/mol. The van der Waals surface area contributed by atoms with Crippen LogP contribution in [0.1, 0.15) is 12.8 Å². The number of rotatable bonds is 5. The van der Waals surface area contributed by atoms with Gasteiger partial charge in [-0.15, -0.1) is 11.3 Å². The Morgan fingerprint density at radius 1 is 1.33 bits per heavy atom. The number of nitrogens with zero attached hydrogens (tertiary/aromatic N) is 4. The van der Waals surface area contributed by atoms with Crippen LogP contribution >= 0.6 is 39.0 Å². The van der Waals surface area contributed by atoms with E-state index in [1.807, 2.05) is 23.1 Å². The number of halogens is 1. The third-order valence-corrected chi connectivity index (χ3v) is 6.77. The maximum absolute atomic E-state index is 12.6. The van der Waals surface area contributed by atoms with Gasteiger partial charge in [-0.05, 0) is 40.9 Å². The summed E-state index contributed by atoms with van der Waals surface area (Å²) in [5, 5.41) is 0. The summed E-state index contributed by atoms with van der Waals surface area (Å²) in [7, 11) is 0. The number of benzene rings is 1. The van der Waals surface area contributed by atoms with E-state index in [1.54, 1.807) is 23.7 Å². The lowest BCUT2D eigenvalue weighted by Crippen LogP contribution is -2.45. The molecule has 4 rings (SSSR count). The van der Waals surface area contributed by atoms with Crippen molar-refractivity contribution in [1.82, 2.24) is 19.9 Å². The Morgan fingerprint density at radius 2 is 2.15 bits per heavy atom. The summed E-state index contributed by atoms with van der Waals surface area (Å²) in [5.41, 5.74) is 0.985. The van der Waals surface area contributed by atoms with E-state index in [0.717, 1.165) is 38.4 Å². The number of ether oxygens (including phenoxy) is 1. The molecule has 1 aliphatic rings. The zero-order valence-corrected chi connectivity index (χ0v) is 17.6. The molecule has 0 bridgehead atoms. The molecule has 1 fully saturated rings. The number of carbonyl (C=O) groups excluding carboxylic acids is 1. The highest BCUT2D eigenvalue weighted by Gasteiger charge is 2.25. The maximum Gasteiger partial charge on any atom is 0.316 e. The number of fused-ring (bicyclic) bond motifs is 1. The first kappa shape index (κ1) is 18.6.